The molecule has 6 unspecified atom stereocenters. The van der Waals surface area contributed by atoms with Gasteiger partial charge in [0, 0.05) is 18.8 Å². The van der Waals surface area contributed by atoms with Crippen LogP contribution in [0.2, 0.25) is 0 Å². The zero-order valence-electron chi connectivity index (χ0n) is 15.6. The smallest absolute Gasteiger partial charge is 0.168 e. The minimum atomic E-state index is -0.329. The second kappa shape index (κ2) is 5.54. The van der Waals surface area contributed by atoms with Crippen LogP contribution in [0.25, 0.3) is 0 Å². The Hall–Kier alpha value is 0.0700. The van der Waals surface area contributed by atoms with Crippen molar-refractivity contribution in [2.45, 2.75) is 75.8 Å². The predicted molar refractivity (Wildman–Crippen MR) is 99.5 cm³/mol. The molecule has 1 saturated heterocycles. The summed E-state index contributed by atoms with van der Waals surface area (Å²) in [6.07, 6.45) is 9.35. The molecule has 5 aliphatic rings. The van der Waals surface area contributed by atoms with Crippen molar-refractivity contribution in [3.05, 3.63) is 0 Å². The summed E-state index contributed by atoms with van der Waals surface area (Å²) in [6, 6.07) is 0. The summed E-state index contributed by atoms with van der Waals surface area (Å²) in [5, 5.41) is 0. The number of alkyl halides is 1. The lowest BCUT2D eigenvalue weighted by Gasteiger charge is -2.61. The zero-order valence-corrected chi connectivity index (χ0v) is 17.1. The van der Waals surface area contributed by atoms with E-state index in [1.54, 1.807) is 0 Å². The maximum absolute atomic E-state index is 13.6. The van der Waals surface area contributed by atoms with Gasteiger partial charge in [-0.2, -0.15) is 0 Å². The number of ketones is 1. The van der Waals surface area contributed by atoms with Gasteiger partial charge in [-0.1, -0.05) is 36.2 Å². The van der Waals surface area contributed by atoms with E-state index >= 15 is 0 Å². The lowest BCUT2D eigenvalue weighted by molar-refractivity contribution is -0.226. The molecule has 5 rings (SSSR count). The predicted octanol–water partition coefficient (Wildman–Crippen LogP) is 4.71. The first-order valence-corrected chi connectivity index (χ1v) is 11.3. The Kier molecular flexibility index (Phi) is 3.81. The van der Waals surface area contributed by atoms with E-state index in [0.717, 1.165) is 38.4 Å². The molecule has 0 aromatic carbocycles. The van der Waals surface area contributed by atoms with Crippen LogP contribution in [0.15, 0.2) is 0 Å². The molecule has 0 aromatic heterocycles. The maximum Gasteiger partial charge on any atom is 0.168 e. The molecule has 5 fully saturated rings. The highest BCUT2D eigenvalue weighted by Gasteiger charge is 2.65. The lowest BCUT2D eigenvalue weighted by atomic mass is 9.44. The van der Waals surface area contributed by atoms with Crippen molar-refractivity contribution in [3.63, 3.8) is 0 Å². The standard InChI is InChI=1S/C21H31BrO3/c1-19-8-9-21(24-10-11-25-21)12-13(19)5-6-14-15-4-3-7-20(15,2)18(22)17(23)16(14)19/h13-16,18H,3-12H2,1-2H3/t13?,14?,15?,16?,18-,19?,20?/m0/s1. The molecule has 4 heteroatoms. The molecule has 0 radical (unpaired) electrons. The number of carbonyl (C=O) groups is 1. The van der Waals surface area contributed by atoms with Crippen molar-refractivity contribution in [2.75, 3.05) is 13.2 Å². The number of ether oxygens (including phenoxy) is 2. The highest BCUT2D eigenvalue weighted by Crippen LogP contribution is 2.67. The highest BCUT2D eigenvalue weighted by atomic mass is 79.9. The Morgan fingerprint density at radius 1 is 1.00 bits per heavy atom. The summed E-state index contributed by atoms with van der Waals surface area (Å²) in [5.74, 6) is 2.33. The van der Waals surface area contributed by atoms with Crippen LogP contribution in [0.4, 0.5) is 0 Å². The van der Waals surface area contributed by atoms with Crippen LogP contribution in [0.3, 0.4) is 0 Å². The van der Waals surface area contributed by atoms with Gasteiger partial charge in [0.25, 0.3) is 0 Å². The van der Waals surface area contributed by atoms with E-state index in [4.69, 9.17) is 9.47 Å². The summed E-state index contributed by atoms with van der Waals surface area (Å²) in [6.45, 7) is 6.27. The van der Waals surface area contributed by atoms with E-state index in [0.29, 0.717) is 17.6 Å². The Morgan fingerprint density at radius 3 is 2.52 bits per heavy atom. The van der Waals surface area contributed by atoms with Gasteiger partial charge in [-0.15, -0.1) is 0 Å². The largest absolute Gasteiger partial charge is 0.348 e. The molecule has 140 valence electrons. The number of fused-ring (bicyclic) bond motifs is 5. The number of Topliss-reactive ketones (excluding diaryl/α,β-unsaturated/α-hetero) is 1. The average Bonchev–Trinajstić information content (AvgIpc) is 3.21. The second-order valence-corrected chi connectivity index (χ2v) is 10.9. The Bertz CT molecular complexity index is 586. The van der Waals surface area contributed by atoms with E-state index in [9.17, 15) is 4.79 Å². The van der Waals surface area contributed by atoms with Gasteiger partial charge in [0.05, 0.1) is 18.0 Å². The van der Waals surface area contributed by atoms with Gasteiger partial charge < -0.3 is 9.47 Å². The molecule has 0 N–H and O–H groups in total. The summed E-state index contributed by atoms with van der Waals surface area (Å²) in [4.78, 5) is 13.6. The molecule has 0 amide bonds. The van der Waals surface area contributed by atoms with Gasteiger partial charge in [0.1, 0.15) is 0 Å². The number of hydrogen-bond donors (Lipinski definition) is 0. The number of halogens is 1. The molecule has 1 heterocycles. The van der Waals surface area contributed by atoms with Gasteiger partial charge in [0.2, 0.25) is 0 Å². The van der Waals surface area contributed by atoms with Crippen molar-refractivity contribution < 1.29 is 14.3 Å². The first-order chi connectivity index (χ1) is 11.9. The first kappa shape index (κ1) is 17.2. The van der Waals surface area contributed by atoms with Gasteiger partial charge in [-0.25, -0.2) is 0 Å². The fourth-order valence-electron chi connectivity index (χ4n) is 7.71. The van der Waals surface area contributed by atoms with Gasteiger partial charge >= 0.3 is 0 Å². The molecule has 4 saturated carbocycles. The molecule has 25 heavy (non-hydrogen) atoms. The second-order valence-electron chi connectivity index (χ2n) is 10.0. The first-order valence-electron chi connectivity index (χ1n) is 10.4. The van der Waals surface area contributed by atoms with E-state index in [1.807, 2.05) is 0 Å². The Balaban J connectivity index is 1.49. The summed E-state index contributed by atoms with van der Waals surface area (Å²) in [7, 11) is 0. The number of carbonyl (C=O) groups excluding carboxylic acids is 1. The van der Waals surface area contributed by atoms with Crippen molar-refractivity contribution in [2.24, 2.45) is 34.5 Å². The van der Waals surface area contributed by atoms with Crippen molar-refractivity contribution in [1.82, 2.24) is 0 Å². The van der Waals surface area contributed by atoms with Crippen LogP contribution < -0.4 is 0 Å². The minimum absolute atomic E-state index is 0.0548. The third kappa shape index (κ3) is 2.20. The quantitative estimate of drug-likeness (QED) is 0.542. The van der Waals surface area contributed by atoms with Crippen LogP contribution in [0.5, 0.6) is 0 Å². The summed E-state index contributed by atoms with van der Waals surface area (Å²) >= 11 is 3.88. The van der Waals surface area contributed by atoms with Gasteiger partial charge in [-0.05, 0) is 60.7 Å². The fourth-order valence-corrected chi connectivity index (χ4v) is 8.57. The molecule has 1 aliphatic heterocycles. The highest BCUT2D eigenvalue weighted by molar-refractivity contribution is 9.10. The lowest BCUT2D eigenvalue weighted by Crippen LogP contribution is -2.61. The topological polar surface area (TPSA) is 35.5 Å². The third-order valence-corrected chi connectivity index (χ3v) is 10.6. The average molecular weight is 411 g/mol. The summed E-state index contributed by atoms with van der Waals surface area (Å²) < 4.78 is 12.1. The molecule has 4 aliphatic carbocycles. The summed E-state index contributed by atoms with van der Waals surface area (Å²) in [5.41, 5.74) is 0.325. The van der Waals surface area contributed by atoms with Crippen LogP contribution in [0, 0.1) is 34.5 Å². The van der Waals surface area contributed by atoms with E-state index < -0.39 is 0 Å². The minimum Gasteiger partial charge on any atom is -0.348 e. The van der Waals surface area contributed by atoms with Crippen LogP contribution in [0.1, 0.15) is 65.2 Å². The van der Waals surface area contributed by atoms with Crippen LogP contribution >= 0.6 is 15.9 Å². The normalized spacial score (nSPS) is 54.2. The van der Waals surface area contributed by atoms with Crippen molar-refractivity contribution in [1.29, 1.82) is 0 Å². The maximum atomic E-state index is 13.6. The van der Waals surface area contributed by atoms with Gasteiger partial charge in [0.15, 0.2) is 11.6 Å². The van der Waals surface area contributed by atoms with E-state index in [2.05, 4.69) is 29.8 Å². The molecule has 3 nitrogen and oxygen atoms in total. The van der Waals surface area contributed by atoms with Crippen LogP contribution in [-0.4, -0.2) is 29.6 Å². The van der Waals surface area contributed by atoms with Gasteiger partial charge in [-0.3, -0.25) is 4.79 Å². The SMILES string of the molecule is CC12CCC3(CC1CCC1C2C(=O)[C@H](Br)C2(C)CCCC12)OCCO3. The Morgan fingerprint density at radius 2 is 1.76 bits per heavy atom. The van der Waals surface area contributed by atoms with Crippen LogP contribution in [-0.2, 0) is 14.3 Å². The van der Waals surface area contributed by atoms with E-state index in [1.165, 1.54) is 32.1 Å². The fraction of sp³-hybridized carbons (Fsp3) is 0.952. The van der Waals surface area contributed by atoms with Crippen molar-refractivity contribution >= 4 is 21.7 Å². The molecular weight excluding hydrogens is 380 g/mol. The number of rotatable bonds is 0. The molecule has 7 atom stereocenters. The Labute approximate surface area is 159 Å². The van der Waals surface area contributed by atoms with Crippen molar-refractivity contribution in [3.8, 4) is 0 Å². The number of hydrogen-bond acceptors (Lipinski definition) is 3. The molecular formula is C21H31BrO3. The zero-order chi connectivity index (χ0) is 17.4. The monoisotopic (exact) mass is 410 g/mol. The molecule has 0 aromatic rings. The molecule has 0 bridgehead atoms. The van der Waals surface area contributed by atoms with E-state index in [-0.39, 0.29) is 27.4 Å². The third-order valence-electron chi connectivity index (χ3n) is 9.07. The molecule has 1 spiro atoms.